The van der Waals surface area contributed by atoms with Crippen molar-refractivity contribution < 1.29 is 14.1 Å². The van der Waals surface area contributed by atoms with E-state index in [4.69, 9.17) is 32.5 Å². The summed E-state index contributed by atoms with van der Waals surface area (Å²) in [6.07, 6.45) is 1.77. The van der Waals surface area contributed by atoms with Crippen molar-refractivity contribution in [3.05, 3.63) is 92.9 Å². The lowest BCUT2D eigenvalue weighted by molar-refractivity contribution is 0.102. The molecule has 0 unspecified atom stereocenters. The van der Waals surface area contributed by atoms with E-state index in [0.717, 1.165) is 22.6 Å². The van der Waals surface area contributed by atoms with Gasteiger partial charge in [-0.1, -0.05) is 34.4 Å². The Morgan fingerprint density at radius 3 is 2.59 bits per heavy atom. The Balaban J connectivity index is 1.35. The van der Waals surface area contributed by atoms with E-state index in [1.54, 1.807) is 53.3 Å². The van der Waals surface area contributed by atoms with Gasteiger partial charge in [-0.15, -0.1) is 0 Å². The zero-order valence-corrected chi connectivity index (χ0v) is 18.9. The summed E-state index contributed by atoms with van der Waals surface area (Å²) >= 11 is 12.2. The number of benzene rings is 2. The summed E-state index contributed by atoms with van der Waals surface area (Å²) in [6, 6.07) is 13.9. The van der Waals surface area contributed by atoms with Gasteiger partial charge in [0.25, 0.3) is 5.91 Å². The van der Waals surface area contributed by atoms with Crippen molar-refractivity contribution >= 4 is 34.9 Å². The molecule has 2 heterocycles. The first-order valence-corrected chi connectivity index (χ1v) is 10.6. The molecule has 0 saturated heterocycles. The van der Waals surface area contributed by atoms with Gasteiger partial charge < -0.3 is 14.6 Å². The summed E-state index contributed by atoms with van der Waals surface area (Å²) in [5.74, 6) is 1.55. The van der Waals surface area contributed by atoms with Crippen LogP contribution in [0.15, 0.2) is 59.3 Å². The van der Waals surface area contributed by atoms with Crippen molar-refractivity contribution in [2.45, 2.75) is 27.0 Å². The number of rotatable bonds is 7. The summed E-state index contributed by atoms with van der Waals surface area (Å²) in [7, 11) is 0. The van der Waals surface area contributed by atoms with Gasteiger partial charge in [0.15, 0.2) is 5.82 Å². The highest BCUT2D eigenvalue weighted by Gasteiger charge is 2.12. The van der Waals surface area contributed by atoms with Crippen LogP contribution >= 0.6 is 23.2 Å². The molecule has 4 rings (SSSR count). The first-order chi connectivity index (χ1) is 15.4. The first-order valence-electron chi connectivity index (χ1n) is 9.82. The van der Waals surface area contributed by atoms with Gasteiger partial charge in [-0.05, 0) is 55.8 Å². The number of carbonyl (C=O) groups is 1. The van der Waals surface area contributed by atoms with Crippen molar-refractivity contribution in [1.82, 2.24) is 14.9 Å². The minimum atomic E-state index is -0.267. The van der Waals surface area contributed by atoms with E-state index in [2.05, 4.69) is 15.6 Å². The molecule has 0 aliphatic rings. The number of halogens is 2. The molecule has 2 aromatic carbocycles. The molecular weight excluding hydrogens is 451 g/mol. The van der Waals surface area contributed by atoms with Gasteiger partial charge in [-0.2, -0.15) is 5.10 Å². The van der Waals surface area contributed by atoms with Gasteiger partial charge in [-0.25, -0.2) is 0 Å². The lowest BCUT2D eigenvalue weighted by Gasteiger charge is -2.07. The fourth-order valence-corrected chi connectivity index (χ4v) is 3.56. The molecule has 0 bridgehead atoms. The zero-order valence-electron chi connectivity index (χ0n) is 17.4. The van der Waals surface area contributed by atoms with Crippen molar-refractivity contribution in [3.8, 4) is 5.75 Å². The average molecular weight is 471 g/mol. The molecule has 0 radical (unpaired) electrons. The average Bonchev–Trinajstić information content (AvgIpc) is 3.34. The van der Waals surface area contributed by atoms with E-state index in [1.807, 2.05) is 19.9 Å². The largest absolute Gasteiger partial charge is 0.489 e. The van der Waals surface area contributed by atoms with E-state index in [1.165, 1.54) is 0 Å². The van der Waals surface area contributed by atoms with Gasteiger partial charge in [0, 0.05) is 27.9 Å². The number of nitrogens with one attached hydrogen (secondary N) is 1. The SMILES string of the molecule is Cc1noc(C)c1COc1ccc(C(=O)Nc2ccn(Cc3ccc(Cl)cc3Cl)n2)cc1. The third kappa shape index (κ3) is 5.12. The standard InChI is InChI=1S/C23H20Cl2N4O3/c1-14-20(15(2)32-28-14)13-31-19-7-4-16(5-8-19)23(30)26-22-9-10-29(27-22)12-17-3-6-18(24)11-21(17)25/h3-11H,12-13H2,1-2H3,(H,26,27,30). The molecule has 0 aliphatic carbocycles. The molecule has 0 atom stereocenters. The van der Waals surface area contributed by atoms with Gasteiger partial charge in [0.05, 0.1) is 17.8 Å². The Bertz CT molecular complexity index is 1230. The monoisotopic (exact) mass is 470 g/mol. The van der Waals surface area contributed by atoms with E-state index < -0.39 is 0 Å². The molecule has 0 spiro atoms. The van der Waals surface area contributed by atoms with Crippen molar-refractivity contribution in [3.63, 3.8) is 0 Å². The number of aromatic nitrogens is 3. The maximum absolute atomic E-state index is 12.6. The van der Waals surface area contributed by atoms with Crippen LogP contribution in [0, 0.1) is 13.8 Å². The number of amides is 1. The second-order valence-corrected chi connectivity index (χ2v) is 8.05. The highest BCUT2D eigenvalue weighted by Crippen LogP contribution is 2.22. The first kappa shape index (κ1) is 21.9. The predicted octanol–water partition coefficient (Wildman–Crippen LogP) is 5.67. The van der Waals surface area contributed by atoms with Gasteiger partial charge in [-0.3, -0.25) is 9.48 Å². The van der Waals surface area contributed by atoms with Crippen molar-refractivity contribution in [2.75, 3.05) is 5.32 Å². The molecular formula is C23H20Cl2N4O3. The molecule has 7 nitrogen and oxygen atoms in total. The lowest BCUT2D eigenvalue weighted by Crippen LogP contribution is -2.13. The van der Waals surface area contributed by atoms with Crippen molar-refractivity contribution in [2.24, 2.45) is 0 Å². The Kier molecular flexibility index (Phi) is 6.48. The number of hydrogen-bond donors (Lipinski definition) is 1. The summed E-state index contributed by atoms with van der Waals surface area (Å²) in [5, 5.41) is 12.2. The normalized spacial score (nSPS) is 10.9. The molecule has 2 aromatic heterocycles. The number of aryl methyl sites for hydroxylation is 2. The molecule has 1 amide bonds. The Morgan fingerprint density at radius 2 is 1.91 bits per heavy atom. The summed E-state index contributed by atoms with van der Waals surface area (Å²) in [6.45, 7) is 4.52. The molecule has 164 valence electrons. The Morgan fingerprint density at radius 1 is 1.12 bits per heavy atom. The fourth-order valence-electron chi connectivity index (χ4n) is 3.10. The zero-order chi connectivity index (χ0) is 22.7. The van der Waals surface area contributed by atoms with E-state index in [-0.39, 0.29) is 5.91 Å². The number of ether oxygens (including phenoxy) is 1. The van der Waals surface area contributed by atoms with Crippen LogP contribution in [0.4, 0.5) is 5.82 Å². The minimum absolute atomic E-state index is 0.267. The second kappa shape index (κ2) is 9.46. The lowest BCUT2D eigenvalue weighted by atomic mass is 10.2. The quantitative estimate of drug-likeness (QED) is 0.375. The summed E-state index contributed by atoms with van der Waals surface area (Å²) < 4.78 is 12.6. The fraction of sp³-hybridized carbons (Fsp3) is 0.174. The van der Waals surface area contributed by atoms with Crippen LogP contribution in [-0.4, -0.2) is 20.8 Å². The smallest absolute Gasteiger partial charge is 0.256 e. The number of nitrogens with zero attached hydrogens (tertiary/aromatic N) is 3. The number of hydrogen-bond acceptors (Lipinski definition) is 5. The van der Waals surface area contributed by atoms with Gasteiger partial charge in [0.2, 0.25) is 0 Å². The summed E-state index contributed by atoms with van der Waals surface area (Å²) in [5.41, 5.74) is 3.09. The van der Waals surface area contributed by atoms with Crippen LogP contribution < -0.4 is 10.1 Å². The molecule has 0 fully saturated rings. The highest BCUT2D eigenvalue weighted by molar-refractivity contribution is 6.35. The maximum atomic E-state index is 12.6. The minimum Gasteiger partial charge on any atom is -0.489 e. The molecule has 1 N–H and O–H groups in total. The van der Waals surface area contributed by atoms with Gasteiger partial charge in [0.1, 0.15) is 18.1 Å². The molecule has 0 aliphatic heterocycles. The van der Waals surface area contributed by atoms with E-state index >= 15 is 0 Å². The number of carbonyl (C=O) groups excluding carboxylic acids is 1. The van der Waals surface area contributed by atoms with E-state index in [0.29, 0.717) is 40.3 Å². The Labute approximate surface area is 194 Å². The van der Waals surface area contributed by atoms with Crippen molar-refractivity contribution in [1.29, 1.82) is 0 Å². The van der Waals surface area contributed by atoms with Crippen LogP contribution in [0.5, 0.6) is 5.75 Å². The van der Waals surface area contributed by atoms with Gasteiger partial charge >= 0.3 is 0 Å². The highest BCUT2D eigenvalue weighted by atomic mass is 35.5. The topological polar surface area (TPSA) is 82.2 Å². The maximum Gasteiger partial charge on any atom is 0.256 e. The Hall–Kier alpha value is -3.29. The van der Waals surface area contributed by atoms with Crippen LogP contribution in [0.3, 0.4) is 0 Å². The number of anilines is 1. The second-order valence-electron chi connectivity index (χ2n) is 7.20. The van der Waals surface area contributed by atoms with Crippen LogP contribution in [0.1, 0.15) is 32.9 Å². The third-order valence-electron chi connectivity index (χ3n) is 4.91. The molecule has 32 heavy (non-hydrogen) atoms. The van der Waals surface area contributed by atoms with Crippen LogP contribution in [0.2, 0.25) is 10.0 Å². The van der Waals surface area contributed by atoms with E-state index in [9.17, 15) is 4.79 Å². The molecule has 9 heteroatoms. The summed E-state index contributed by atoms with van der Waals surface area (Å²) in [4.78, 5) is 12.6. The molecule has 0 saturated carbocycles. The van der Waals surface area contributed by atoms with Crippen LogP contribution in [0.25, 0.3) is 0 Å². The molecule has 4 aromatic rings. The third-order valence-corrected chi connectivity index (χ3v) is 5.50. The predicted molar refractivity (Wildman–Crippen MR) is 122 cm³/mol. The van der Waals surface area contributed by atoms with Crippen LogP contribution in [-0.2, 0) is 13.2 Å².